The van der Waals surface area contributed by atoms with Crippen molar-refractivity contribution < 1.29 is 8.42 Å². The van der Waals surface area contributed by atoms with Crippen molar-refractivity contribution in [3.63, 3.8) is 0 Å². The molecule has 0 spiro atoms. The molecule has 0 atom stereocenters. The number of aryl methyl sites for hydroxylation is 1. The van der Waals surface area contributed by atoms with E-state index in [0.717, 1.165) is 31.2 Å². The Morgan fingerprint density at radius 2 is 1.48 bits per heavy atom. The molecule has 0 unspecified atom stereocenters. The van der Waals surface area contributed by atoms with Crippen molar-refractivity contribution in [3.05, 3.63) is 65.6 Å². The Labute approximate surface area is 170 Å². The summed E-state index contributed by atoms with van der Waals surface area (Å²) in [6, 6.07) is 7.27. The Morgan fingerprint density at radius 3 is 2.00 bits per heavy atom. The van der Waals surface area contributed by atoms with Gasteiger partial charge in [-0.25, -0.2) is 8.42 Å². The predicted octanol–water partition coefficient (Wildman–Crippen LogP) is 6.88. The van der Waals surface area contributed by atoms with Crippen LogP contribution in [-0.2, 0) is 9.84 Å². The van der Waals surface area contributed by atoms with E-state index in [9.17, 15) is 8.42 Å². The summed E-state index contributed by atoms with van der Waals surface area (Å²) in [4.78, 5) is 0.427. The van der Waals surface area contributed by atoms with Crippen molar-refractivity contribution in [3.8, 4) is 0 Å². The third kappa shape index (κ3) is 7.00. The van der Waals surface area contributed by atoms with Crippen LogP contribution in [0.2, 0.25) is 0 Å². The minimum atomic E-state index is -3.46. The SMILES string of the molecule is CCCCC(C=CC=CC=CSC)(CCCC)S(=O)(=O)c1ccc(C)cc1. The maximum absolute atomic E-state index is 13.7. The number of rotatable bonds is 12. The van der Waals surface area contributed by atoms with Gasteiger partial charge in [-0.1, -0.05) is 87.6 Å². The highest BCUT2D eigenvalue weighted by molar-refractivity contribution is 8.01. The van der Waals surface area contributed by atoms with E-state index in [0.29, 0.717) is 17.7 Å². The average molecular weight is 407 g/mol. The number of hydrogen-bond acceptors (Lipinski definition) is 3. The van der Waals surface area contributed by atoms with Crippen LogP contribution in [0.4, 0.5) is 0 Å². The first-order valence-corrected chi connectivity index (χ1v) is 12.6. The Balaban J connectivity index is 3.34. The lowest BCUT2D eigenvalue weighted by Gasteiger charge is -2.31. The molecule has 0 saturated carbocycles. The molecule has 0 aliphatic rings. The zero-order chi connectivity index (χ0) is 20.2. The number of unbranched alkanes of at least 4 members (excludes halogenated alkanes) is 2. The van der Waals surface area contributed by atoms with E-state index in [1.54, 1.807) is 23.9 Å². The van der Waals surface area contributed by atoms with Crippen molar-refractivity contribution in [2.45, 2.75) is 68.9 Å². The smallest absolute Gasteiger partial charge is 0.187 e. The van der Waals surface area contributed by atoms with Crippen LogP contribution < -0.4 is 0 Å². The van der Waals surface area contributed by atoms with E-state index in [1.807, 2.05) is 61.1 Å². The highest BCUT2D eigenvalue weighted by atomic mass is 32.2. The van der Waals surface area contributed by atoms with E-state index < -0.39 is 14.6 Å². The molecule has 150 valence electrons. The van der Waals surface area contributed by atoms with Gasteiger partial charge in [0.05, 0.1) is 9.64 Å². The third-order valence-corrected chi connectivity index (χ3v) is 7.66. The second kappa shape index (κ2) is 12.2. The minimum absolute atomic E-state index is 0.427. The van der Waals surface area contributed by atoms with E-state index in [-0.39, 0.29) is 0 Å². The molecule has 27 heavy (non-hydrogen) atoms. The van der Waals surface area contributed by atoms with Crippen molar-refractivity contribution in [2.75, 3.05) is 6.26 Å². The molecule has 1 aromatic rings. The first kappa shape index (κ1) is 23.8. The Bertz CT molecular complexity index is 718. The second-order valence-electron chi connectivity index (χ2n) is 6.90. The molecule has 0 bridgehead atoms. The van der Waals surface area contributed by atoms with Gasteiger partial charge >= 0.3 is 0 Å². The normalized spacial score (nSPS) is 13.3. The van der Waals surface area contributed by atoms with Crippen LogP contribution in [0.3, 0.4) is 0 Å². The fourth-order valence-corrected chi connectivity index (χ4v) is 5.33. The van der Waals surface area contributed by atoms with Crippen LogP contribution in [0, 0.1) is 6.92 Å². The van der Waals surface area contributed by atoms with Crippen LogP contribution in [-0.4, -0.2) is 19.4 Å². The number of hydrogen-bond donors (Lipinski definition) is 0. The zero-order valence-electron chi connectivity index (χ0n) is 17.1. The lowest BCUT2D eigenvalue weighted by atomic mass is 9.94. The molecule has 0 amide bonds. The van der Waals surface area contributed by atoms with Crippen LogP contribution in [0.1, 0.15) is 57.9 Å². The van der Waals surface area contributed by atoms with Gasteiger partial charge in [0.25, 0.3) is 0 Å². The van der Waals surface area contributed by atoms with E-state index in [4.69, 9.17) is 0 Å². The topological polar surface area (TPSA) is 34.1 Å². The number of benzene rings is 1. The molecule has 0 aliphatic heterocycles. The van der Waals surface area contributed by atoms with Gasteiger partial charge in [-0.3, -0.25) is 0 Å². The molecule has 0 fully saturated rings. The van der Waals surface area contributed by atoms with Gasteiger partial charge in [0, 0.05) is 0 Å². The lowest BCUT2D eigenvalue weighted by Crippen LogP contribution is -2.37. The molecule has 0 saturated heterocycles. The van der Waals surface area contributed by atoms with E-state index >= 15 is 0 Å². The van der Waals surface area contributed by atoms with Crippen molar-refractivity contribution >= 4 is 21.6 Å². The maximum Gasteiger partial charge on any atom is 0.187 e. The molecular formula is C23H34O2S2. The highest BCUT2D eigenvalue weighted by Gasteiger charge is 2.41. The van der Waals surface area contributed by atoms with Crippen molar-refractivity contribution in [1.29, 1.82) is 0 Å². The monoisotopic (exact) mass is 406 g/mol. The molecule has 0 aromatic heterocycles. The average Bonchev–Trinajstić information content (AvgIpc) is 2.66. The fourth-order valence-electron chi connectivity index (χ4n) is 3.04. The summed E-state index contributed by atoms with van der Waals surface area (Å²) >= 11 is 1.64. The largest absolute Gasteiger partial charge is 0.223 e. The summed E-state index contributed by atoms with van der Waals surface area (Å²) < 4.78 is 26.5. The maximum atomic E-state index is 13.7. The van der Waals surface area contributed by atoms with Crippen LogP contribution in [0.25, 0.3) is 0 Å². The summed E-state index contributed by atoms with van der Waals surface area (Å²) in [6.07, 6.45) is 16.7. The van der Waals surface area contributed by atoms with Gasteiger partial charge in [-0.05, 0) is 43.6 Å². The summed E-state index contributed by atoms with van der Waals surface area (Å²) in [5.41, 5.74) is 1.07. The molecule has 1 aromatic carbocycles. The van der Waals surface area contributed by atoms with Crippen LogP contribution in [0.5, 0.6) is 0 Å². The first-order valence-electron chi connectivity index (χ1n) is 9.78. The minimum Gasteiger partial charge on any atom is -0.223 e. The summed E-state index contributed by atoms with van der Waals surface area (Å²) in [5.74, 6) is 0. The Morgan fingerprint density at radius 1 is 0.926 bits per heavy atom. The molecule has 1 rings (SSSR count). The standard InChI is InChI=1S/C23H34O2S2/c1-5-7-17-23(18-8-6-2,19-11-9-10-12-20-26-4)27(24,25)22-15-13-21(3)14-16-22/h9-16,19-20H,5-8,17-18H2,1-4H3. The molecule has 0 aliphatic carbocycles. The molecular weight excluding hydrogens is 372 g/mol. The molecule has 4 heteroatoms. The molecule has 0 heterocycles. The van der Waals surface area contributed by atoms with E-state index in [1.165, 1.54) is 0 Å². The third-order valence-electron chi connectivity index (χ3n) is 4.72. The van der Waals surface area contributed by atoms with E-state index in [2.05, 4.69) is 13.8 Å². The number of thioether (sulfide) groups is 1. The van der Waals surface area contributed by atoms with Crippen molar-refractivity contribution in [1.82, 2.24) is 0 Å². The first-order chi connectivity index (χ1) is 12.9. The highest BCUT2D eigenvalue weighted by Crippen LogP contribution is 2.37. The number of sulfone groups is 1. The molecule has 0 radical (unpaired) electrons. The Kier molecular flexibility index (Phi) is 10.8. The van der Waals surface area contributed by atoms with Gasteiger partial charge < -0.3 is 0 Å². The van der Waals surface area contributed by atoms with Gasteiger partial charge in [-0.2, -0.15) is 0 Å². The summed E-state index contributed by atoms with van der Waals surface area (Å²) in [7, 11) is -3.46. The van der Waals surface area contributed by atoms with Gasteiger partial charge in [0.1, 0.15) is 0 Å². The predicted molar refractivity (Wildman–Crippen MR) is 121 cm³/mol. The number of allylic oxidation sites excluding steroid dienone is 4. The van der Waals surface area contributed by atoms with Gasteiger partial charge in [0.2, 0.25) is 0 Å². The van der Waals surface area contributed by atoms with Gasteiger partial charge in [-0.15, -0.1) is 11.8 Å². The summed E-state index contributed by atoms with van der Waals surface area (Å²) in [5, 5.41) is 1.99. The second-order valence-corrected chi connectivity index (χ2v) is 9.93. The summed E-state index contributed by atoms with van der Waals surface area (Å²) in [6.45, 7) is 6.20. The van der Waals surface area contributed by atoms with Gasteiger partial charge in [0.15, 0.2) is 9.84 Å². The van der Waals surface area contributed by atoms with Crippen LogP contribution in [0.15, 0.2) is 64.9 Å². The Hall–Kier alpha value is -1.26. The van der Waals surface area contributed by atoms with Crippen LogP contribution >= 0.6 is 11.8 Å². The quantitative estimate of drug-likeness (QED) is 0.355. The zero-order valence-corrected chi connectivity index (χ0v) is 18.8. The van der Waals surface area contributed by atoms with Crippen molar-refractivity contribution in [2.24, 2.45) is 0 Å². The molecule has 0 N–H and O–H groups in total. The lowest BCUT2D eigenvalue weighted by molar-refractivity contribution is 0.483. The molecule has 2 nitrogen and oxygen atoms in total. The fraction of sp³-hybridized carbons (Fsp3) is 0.478.